The molecule has 0 amide bonds. The molecule has 2 unspecified atom stereocenters. The first kappa shape index (κ1) is 14.4. The monoisotopic (exact) mass is 283 g/mol. The molecule has 1 aromatic heterocycles. The average Bonchev–Trinajstić information content (AvgIpc) is 2.96. The van der Waals surface area contributed by atoms with Gasteiger partial charge in [0.2, 0.25) is 5.82 Å². The first-order valence-electron chi connectivity index (χ1n) is 6.89. The van der Waals surface area contributed by atoms with Crippen LogP contribution in [0.4, 0.5) is 0 Å². The van der Waals surface area contributed by atoms with Crippen LogP contribution < -0.4 is 0 Å². The van der Waals surface area contributed by atoms with Crippen molar-refractivity contribution in [3.8, 4) is 0 Å². The highest BCUT2D eigenvalue weighted by atomic mass is 32.2. The van der Waals surface area contributed by atoms with Crippen LogP contribution in [-0.2, 0) is 4.74 Å². The Bertz CT molecular complexity index is 447. The van der Waals surface area contributed by atoms with Crippen LogP contribution in [0.5, 0.6) is 0 Å². The van der Waals surface area contributed by atoms with Crippen LogP contribution in [0.1, 0.15) is 55.6 Å². The predicted octanol–water partition coefficient (Wildman–Crippen LogP) is 2.61. The Balaban J connectivity index is 2.28. The van der Waals surface area contributed by atoms with Gasteiger partial charge in [-0.15, -0.1) is 10.2 Å². The molecule has 106 valence electrons. The van der Waals surface area contributed by atoms with Crippen LogP contribution in [0, 0.1) is 6.92 Å². The quantitative estimate of drug-likeness (QED) is 0.777. The largest absolute Gasteiger partial charge is 0.460 e. The zero-order chi connectivity index (χ0) is 13.8. The van der Waals surface area contributed by atoms with Crippen molar-refractivity contribution in [2.75, 3.05) is 12.4 Å². The molecule has 0 aliphatic heterocycles. The minimum absolute atomic E-state index is 0.319. The van der Waals surface area contributed by atoms with Gasteiger partial charge in [0, 0.05) is 11.3 Å². The summed E-state index contributed by atoms with van der Waals surface area (Å²) in [4.78, 5) is 11.9. The average molecular weight is 283 g/mol. The van der Waals surface area contributed by atoms with Crippen LogP contribution in [0.2, 0.25) is 0 Å². The summed E-state index contributed by atoms with van der Waals surface area (Å²) in [6, 6.07) is 0.319. The molecule has 0 radical (unpaired) electrons. The van der Waals surface area contributed by atoms with Crippen molar-refractivity contribution < 1.29 is 9.53 Å². The number of aromatic nitrogens is 3. The lowest BCUT2D eigenvalue weighted by atomic mass is 10.2. The van der Waals surface area contributed by atoms with Crippen LogP contribution >= 0.6 is 11.8 Å². The number of carbonyl (C=O) groups excluding carboxylic acids is 1. The van der Waals surface area contributed by atoms with Gasteiger partial charge in [-0.3, -0.25) is 0 Å². The van der Waals surface area contributed by atoms with Crippen molar-refractivity contribution in [3.05, 3.63) is 11.6 Å². The summed E-state index contributed by atoms with van der Waals surface area (Å²) in [5.41, 5.74) is 0. The lowest BCUT2D eigenvalue weighted by Gasteiger charge is -2.22. The van der Waals surface area contributed by atoms with Crippen LogP contribution in [0.25, 0.3) is 0 Å². The van der Waals surface area contributed by atoms with E-state index in [0.717, 1.165) is 18.0 Å². The molecule has 19 heavy (non-hydrogen) atoms. The minimum Gasteiger partial charge on any atom is -0.460 e. The van der Waals surface area contributed by atoms with Crippen molar-refractivity contribution >= 4 is 17.7 Å². The van der Waals surface area contributed by atoms with Gasteiger partial charge in [0.1, 0.15) is 5.82 Å². The molecule has 5 nitrogen and oxygen atoms in total. The summed E-state index contributed by atoms with van der Waals surface area (Å²) in [6.07, 6.45) is 3.48. The number of ether oxygens (including phenoxy) is 1. The van der Waals surface area contributed by atoms with E-state index in [4.69, 9.17) is 4.74 Å². The smallest absolute Gasteiger partial charge is 0.376 e. The van der Waals surface area contributed by atoms with Crippen LogP contribution in [0.3, 0.4) is 0 Å². The molecule has 1 aliphatic rings. The maximum Gasteiger partial charge on any atom is 0.376 e. The van der Waals surface area contributed by atoms with Crippen molar-refractivity contribution in [1.29, 1.82) is 0 Å². The number of rotatable bonds is 5. The number of aryl methyl sites for hydroxylation is 1. The van der Waals surface area contributed by atoms with Gasteiger partial charge < -0.3 is 9.30 Å². The number of hydrogen-bond donors (Lipinski definition) is 0. The molecular weight excluding hydrogens is 262 g/mol. The number of thioether (sulfide) groups is 1. The molecule has 0 aromatic carbocycles. The summed E-state index contributed by atoms with van der Waals surface area (Å²) >= 11 is 1.96. The molecule has 2 rings (SSSR count). The molecule has 0 spiro atoms. The highest BCUT2D eigenvalue weighted by Crippen LogP contribution is 2.39. The van der Waals surface area contributed by atoms with Gasteiger partial charge in [0.25, 0.3) is 0 Å². The lowest BCUT2D eigenvalue weighted by molar-refractivity contribution is 0.0503. The van der Waals surface area contributed by atoms with E-state index in [1.54, 1.807) is 6.92 Å². The van der Waals surface area contributed by atoms with E-state index in [2.05, 4.69) is 17.1 Å². The lowest BCUT2D eigenvalue weighted by Crippen LogP contribution is -2.23. The molecule has 0 N–H and O–H groups in total. The highest BCUT2D eigenvalue weighted by molar-refractivity contribution is 7.99. The van der Waals surface area contributed by atoms with Crippen molar-refractivity contribution in [3.63, 3.8) is 0 Å². The molecule has 1 heterocycles. The van der Waals surface area contributed by atoms with Crippen molar-refractivity contribution in [2.45, 2.75) is 51.3 Å². The first-order valence-corrected chi connectivity index (χ1v) is 7.94. The Kier molecular flexibility index (Phi) is 4.85. The van der Waals surface area contributed by atoms with Gasteiger partial charge in [0.15, 0.2) is 0 Å². The summed E-state index contributed by atoms with van der Waals surface area (Å²) < 4.78 is 7.05. The molecular formula is C13H21N3O2S. The molecule has 1 aromatic rings. The minimum atomic E-state index is -0.366. The Labute approximate surface area is 118 Å². The predicted molar refractivity (Wildman–Crippen MR) is 75.5 cm³/mol. The third-order valence-electron chi connectivity index (χ3n) is 3.45. The van der Waals surface area contributed by atoms with Gasteiger partial charge in [-0.25, -0.2) is 4.79 Å². The molecule has 0 bridgehead atoms. The molecule has 6 heteroatoms. The van der Waals surface area contributed by atoms with Gasteiger partial charge in [-0.05, 0) is 32.4 Å². The Morgan fingerprint density at radius 2 is 2.21 bits per heavy atom. The number of hydrogen-bond acceptors (Lipinski definition) is 5. The molecule has 1 saturated carbocycles. The third-order valence-corrected chi connectivity index (χ3v) is 4.77. The molecule has 2 atom stereocenters. The number of carbonyl (C=O) groups is 1. The zero-order valence-electron chi connectivity index (χ0n) is 11.8. The van der Waals surface area contributed by atoms with E-state index in [1.165, 1.54) is 12.8 Å². The Morgan fingerprint density at radius 3 is 2.89 bits per heavy atom. The maximum atomic E-state index is 11.9. The highest BCUT2D eigenvalue weighted by Gasteiger charge is 2.33. The van der Waals surface area contributed by atoms with Gasteiger partial charge >= 0.3 is 5.97 Å². The SMILES string of the molecule is CCOC(=O)c1nnc(C)n1C1CCCC1SCC. The fourth-order valence-electron chi connectivity index (χ4n) is 2.71. The van der Waals surface area contributed by atoms with Crippen molar-refractivity contribution in [2.24, 2.45) is 0 Å². The fraction of sp³-hybridized carbons (Fsp3) is 0.769. The summed E-state index contributed by atoms with van der Waals surface area (Å²) in [6.45, 7) is 6.24. The summed E-state index contributed by atoms with van der Waals surface area (Å²) in [5, 5.41) is 8.61. The summed E-state index contributed by atoms with van der Waals surface area (Å²) in [5.74, 6) is 1.89. The van der Waals surface area contributed by atoms with E-state index in [0.29, 0.717) is 23.7 Å². The first-order chi connectivity index (χ1) is 9.19. The van der Waals surface area contributed by atoms with Crippen molar-refractivity contribution in [1.82, 2.24) is 14.8 Å². The van der Waals surface area contributed by atoms with E-state index < -0.39 is 0 Å². The fourth-order valence-corrected chi connectivity index (χ4v) is 3.95. The second-order valence-electron chi connectivity index (χ2n) is 4.65. The van der Waals surface area contributed by atoms with Crippen LogP contribution in [-0.4, -0.2) is 38.3 Å². The molecule has 1 aliphatic carbocycles. The van der Waals surface area contributed by atoms with Gasteiger partial charge in [0.05, 0.1) is 6.61 Å². The maximum absolute atomic E-state index is 11.9. The van der Waals surface area contributed by atoms with E-state index in [9.17, 15) is 4.79 Å². The number of nitrogens with zero attached hydrogens (tertiary/aromatic N) is 3. The zero-order valence-corrected chi connectivity index (χ0v) is 12.6. The molecule has 1 fully saturated rings. The second kappa shape index (κ2) is 6.41. The normalized spacial score (nSPS) is 22.7. The third kappa shape index (κ3) is 2.94. The standard InChI is InChI=1S/C13H21N3O2S/c1-4-18-13(17)12-15-14-9(3)16(12)10-7-6-8-11(10)19-5-2/h10-11H,4-8H2,1-3H3. The van der Waals surface area contributed by atoms with E-state index in [1.807, 2.05) is 23.3 Å². The van der Waals surface area contributed by atoms with E-state index >= 15 is 0 Å². The Hall–Kier alpha value is -1.04. The van der Waals surface area contributed by atoms with Crippen LogP contribution in [0.15, 0.2) is 0 Å². The Morgan fingerprint density at radius 1 is 1.42 bits per heavy atom. The van der Waals surface area contributed by atoms with E-state index in [-0.39, 0.29) is 5.97 Å². The number of esters is 1. The summed E-state index contributed by atoms with van der Waals surface area (Å²) in [7, 11) is 0. The van der Waals surface area contributed by atoms with Gasteiger partial charge in [-0.2, -0.15) is 11.8 Å². The second-order valence-corrected chi connectivity index (χ2v) is 6.17. The molecule has 0 saturated heterocycles. The topological polar surface area (TPSA) is 57.0 Å². The van der Waals surface area contributed by atoms with Gasteiger partial charge in [-0.1, -0.05) is 13.3 Å².